The van der Waals surface area contributed by atoms with Gasteiger partial charge in [0.05, 0.1) is 6.04 Å². The van der Waals surface area contributed by atoms with E-state index in [9.17, 15) is 24.0 Å². The largest absolute Gasteiger partial charge is 0.349 e. The molecule has 1 heterocycles. The van der Waals surface area contributed by atoms with E-state index in [1.54, 1.807) is 16.7 Å². The summed E-state index contributed by atoms with van der Waals surface area (Å²) in [6.45, 7) is 17.3. The highest BCUT2D eigenvalue weighted by atomic mass is 32.2. The number of carbonyl (C=O) groups excluding carboxylic acids is 5. The van der Waals surface area contributed by atoms with Gasteiger partial charge in [0.25, 0.3) is 5.91 Å². The van der Waals surface area contributed by atoms with Gasteiger partial charge < -0.3 is 26.2 Å². The number of nitrogens with one attached hydrogen (secondary N) is 4. The second-order valence-electron chi connectivity index (χ2n) is 17.5. The lowest BCUT2D eigenvalue weighted by Crippen LogP contribution is -2.63. The van der Waals surface area contributed by atoms with Gasteiger partial charge in [-0.25, -0.2) is 4.79 Å². The van der Waals surface area contributed by atoms with Crippen LogP contribution < -0.4 is 21.3 Å². The molecule has 0 aromatic carbocycles. The lowest BCUT2D eigenvalue weighted by atomic mass is 9.76. The SMILES string of the molecule is C#CCCC(NC(=O)[C@@H]1C2C(CN1C(=O)[C@@H](NC(=O)NC1(CCCC(C)(C)C)CCCCC1)C(C)(C)C)C2(C)C)C(=O)C(=O)NCCSC. The molecule has 0 bridgehead atoms. The zero-order chi connectivity index (χ0) is 36.8. The molecule has 49 heavy (non-hydrogen) atoms. The van der Waals surface area contributed by atoms with Crippen LogP contribution in [0.4, 0.5) is 4.79 Å². The van der Waals surface area contributed by atoms with Crippen LogP contribution in [-0.4, -0.2) is 83.2 Å². The summed E-state index contributed by atoms with van der Waals surface area (Å²) in [4.78, 5) is 69.7. The van der Waals surface area contributed by atoms with Crippen molar-refractivity contribution in [3.05, 3.63) is 0 Å². The van der Waals surface area contributed by atoms with E-state index in [0.717, 1.165) is 51.4 Å². The predicted molar refractivity (Wildman–Crippen MR) is 197 cm³/mol. The van der Waals surface area contributed by atoms with Crippen LogP contribution in [0.25, 0.3) is 0 Å². The molecule has 0 radical (unpaired) electrons. The summed E-state index contributed by atoms with van der Waals surface area (Å²) < 4.78 is 0. The summed E-state index contributed by atoms with van der Waals surface area (Å²) in [6, 6.07) is -3.20. The number of urea groups is 1. The first-order valence-corrected chi connectivity index (χ1v) is 19.6. The lowest BCUT2D eigenvalue weighted by molar-refractivity contribution is -0.145. The number of terminal acetylenes is 1. The fourth-order valence-electron chi connectivity index (χ4n) is 7.92. The summed E-state index contributed by atoms with van der Waals surface area (Å²) in [7, 11) is 0. The maximum Gasteiger partial charge on any atom is 0.315 e. The Morgan fingerprint density at radius 3 is 2.22 bits per heavy atom. The van der Waals surface area contributed by atoms with Gasteiger partial charge in [-0.3, -0.25) is 19.2 Å². The molecule has 3 unspecified atom stereocenters. The summed E-state index contributed by atoms with van der Waals surface area (Å²) in [5.41, 5.74) is -0.911. The highest BCUT2D eigenvalue weighted by Crippen LogP contribution is 2.65. The van der Waals surface area contributed by atoms with Gasteiger partial charge in [0.1, 0.15) is 12.1 Å². The molecule has 0 aromatic rings. The Balaban J connectivity index is 1.80. The maximum absolute atomic E-state index is 14.5. The van der Waals surface area contributed by atoms with E-state index < -0.39 is 41.1 Å². The average molecular weight is 702 g/mol. The number of amides is 5. The number of Topliss-reactive ketones (excluding diaryl/α,β-unsaturated/α-hetero) is 1. The van der Waals surface area contributed by atoms with Crippen molar-refractivity contribution in [3.8, 4) is 12.3 Å². The van der Waals surface area contributed by atoms with Crippen LogP contribution in [0, 0.1) is 40.4 Å². The summed E-state index contributed by atoms with van der Waals surface area (Å²) in [5.74, 6) is 0.816. The normalized spacial score (nSPS) is 23.7. The van der Waals surface area contributed by atoms with E-state index in [4.69, 9.17) is 6.42 Å². The van der Waals surface area contributed by atoms with Crippen molar-refractivity contribution in [2.24, 2.45) is 28.1 Å². The Morgan fingerprint density at radius 1 is 1.00 bits per heavy atom. The quantitative estimate of drug-likeness (QED) is 0.107. The Morgan fingerprint density at radius 2 is 1.65 bits per heavy atom. The minimum absolute atomic E-state index is 0.102. The molecular weight excluding hydrogens is 639 g/mol. The molecule has 0 aromatic heterocycles. The highest BCUT2D eigenvalue weighted by Gasteiger charge is 2.70. The number of piperidine rings is 1. The molecule has 2 saturated carbocycles. The average Bonchev–Trinajstić information content (AvgIpc) is 3.32. The van der Waals surface area contributed by atoms with Crippen molar-refractivity contribution in [1.29, 1.82) is 0 Å². The zero-order valence-electron chi connectivity index (χ0n) is 31.6. The van der Waals surface area contributed by atoms with Crippen LogP contribution in [0.15, 0.2) is 0 Å². The van der Waals surface area contributed by atoms with Gasteiger partial charge in [-0.2, -0.15) is 11.8 Å². The van der Waals surface area contributed by atoms with E-state index in [-0.39, 0.29) is 53.0 Å². The second kappa shape index (κ2) is 16.5. The molecule has 11 heteroatoms. The highest BCUT2D eigenvalue weighted by molar-refractivity contribution is 7.98. The molecule has 10 nitrogen and oxygen atoms in total. The number of thioether (sulfide) groups is 1. The van der Waals surface area contributed by atoms with Crippen molar-refractivity contribution < 1.29 is 24.0 Å². The number of likely N-dealkylation sites (tertiary alicyclic amines) is 1. The molecule has 3 rings (SSSR count). The lowest BCUT2D eigenvalue weighted by Gasteiger charge is -2.41. The van der Waals surface area contributed by atoms with Gasteiger partial charge in [-0.15, -0.1) is 12.3 Å². The van der Waals surface area contributed by atoms with Gasteiger partial charge in [0, 0.05) is 30.8 Å². The van der Waals surface area contributed by atoms with Crippen LogP contribution in [0.1, 0.15) is 120 Å². The van der Waals surface area contributed by atoms with Gasteiger partial charge >= 0.3 is 6.03 Å². The number of fused-ring (bicyclic) bond motifs is 1. The van der Waals surface area contributed by atoms with Crippen LogP contribution in [0.3, 0.4) is 0 Å². The maximum atomic E-state index is 14.5. The molecule has 3 fully saturated rings. The number of carbonyl (C=O) groups is 5. The van der Waals surface area contributed by atoms with Gasteiger partial charge in [-0.1, -0.05) is 81.1 Å². The third-order valence-electron chi connectivity index (χ3n) is 10.9. The Bertz CT molecular complexity index is 1260. The molecule has 5 amide bonds. The summed E-state index contributed by atoms with van der Waals surface area (Å²) >= 11 is 1.54. The van der Waals surface area contributed by atoms with Crippen LogP contribution in [-0.2, 0) is 19.2 Å². The Hall–Kier alpha value is -2.74. The standard InChI is InChI=1S/C38H63N5O5S/c1-11-12-17-26(29(44)32(46)39-22-23-49-10)40-31(45)28-27-25(37(27,8)9)24-43(28)33(47)30(36(5,6)7)41-34(48)42-38(19-14-13-15-20-38)21-16-18-35(2,3)4/h1,25-28,30H,12-24H2,2-10H3,(H,39,46)(H,40,45)(H2,41,42,48)/t25?,26?,27?,28-,30+/m0/s1. The predicted octanol–water partition coefficient (Wildman–Crippen LogP) is 5.05. The Labute approximate surface area is 299 Å². The minimum atomic E-state index is -1.11. The van der Waals surface area contributed by atoms with Gasteiger partial charge in [0.2, 0.25) is 17.6 Å². The number of hydrogen-bond acceptors (Lipinski definition) is 6. The van der Waals surface area contributed by atoms with Crippen LogP contribution in [0.2, 0.25) is 0 Å². The zero-order valence-corrected chi connectivity index (χ0v) is 32.4. The number of rotatable bonds is 15. The Kier molecular flexibility index (Phi) is 13.7. The number of nitrogens with zero attached hydrogens (tertiary/aromatic N) is 1. The smallest absolute Gasteiger partial charge is 0.315 e. The van der Waals surface area contributed by atoms with Crippen molar-refractivity contribution in [1.82, 2.24) is 26.2 Å². The van der Waals surface area contributed by atoms with Crippen molar-refractivity contribution in [2.45, 2.75) is 143 Å². The van der Waals surface area contributed by atoms with Gasteiger partial charge in [0.15, 0.2) is 0 Å². The van der Waals surface area contributed by atoms with Crippen LogP contribution >= 0.6 is 11.8 Å². The first-order chi connectivity index (χ1) is 22.8. The third-order valence-corrected chi connectivity index (χ3v) is 11.6. The van der Waals surface area contributed by atoms with E-state index in [1.807, 2.05) is 27.0 Å². The van der Waals surface area contributed by atoms with E-state index in [2.05, 4.69) is 61.8 Å². The molecule has 4 N–H and O–H groups in total. The molecule has 276 valence electrons. The molecule has 3 aliphatic rings. The van der Waals surface area contributed by atoms with E-state index in [1.165, 1.54) is 0 Å². The minimum Gasteiger partial charge on any atom is -0.349 e. The molecular formula is C38H63N5O5S. The topological polar surface area (TPSA) is 137 Å². The van der Waals surface area contributed by atoms with Gasteiger partial charge in [-0.05, 0) is 66.4 Å². The van der Waals surface area contributed by atoms with Crippen molar-refractivity contribution >= 4 is 41.3 Å². The third kappa shape index (κ3) is 10.6. The summed E-state index contributed by atoms with van der Waals surface area (Å²) in [6.07, 6.45) is 15.8. The number of hydrogen-bond donors (Lipinski definition) is 4. The molecule has 2 aliphatic carbocycles. The fourth-order valence-corrected chi connectivity index (χ4v) is 8.23. The molecule has 0 spiro atoms. The number of ketones is 1. The molecule has 5 atom stereocenters. The monoisotopic (exact) mass is 701 g/mol. The molecule has 1 aliphatic heterocycles. The van der Waals surface area contributed by atoms with Crippen molar-refractivity contribution in [3.63, 3.8) is 0 Å². The van der Waals surface area contributed by atoms with Crippen LogP contribution in [0.5, 0.6) is 0 Å². The van der Waals surface area contributed by atoms with E-state index >= 15 is 0 Å². The first kappa shape index (κ1) is 40.7. The summed E-state index contributed by atoms with van der Waals surface area (Å²) in [5, 5.41) is 11.8. The first-order valence-electron chi connectivity index (χ1n) is 18.2. The molecule has 1 saturated heterocycles. The van der Waals surface area contributed by atoms with E-state index in [0.29, 0.717) is 18.8 Å². The fraction of sp³-hybridized carbons (Fsp3) is 0.816. The van der Waals surface area contributed by atoms with Crippen molar-refractivity contribution in [2.75, 3.05) is 25.1 Å². The second-order valence-corrected chi connectivity index (χ2v) is 18.4.